The molecule has 17 heavy (non-hydrogen) atoms. The highest BCUT2D eigenvalue weighted by atomic mass is 19.1. The van der Waals surface area contributed by atoms with Gasteiger partial charge in [-0.15, -0.1) is 0 Å². The Hall–Kier alpha value is -1.68. The zero-order valence-electron chi connectivity index (χ0n) is 10.1. The molecule has 0 bridgehead atoms. The van der Waals surface area contributed by atoms with Gasteiger partial charge >= 0.3 is 0 Å². The molecule has 1 aromatic carbocycles. The molecule has 2 N–H and O–H groups in total. The van der Waals surface area contributed by atoms with Crippen molar-refractivity contribution in [2.75, 3.05) is 0 Å². The van der Waals surface area contributed by atoms with Gasteiger partial charge in [0.2, 0.25) is 0 Å². The minimum atomic E-state index is -0.200. The van der Waals surface area contributed by atoms with Gasteiger partial charge in [0, 0.05) is 23.4 Å². The average molecular weight is 233 g/mol. The predicted octanol–water partition coefficient (Wildman–Crippen LogP) is 2.15. The molecular formula is C13H16FN3. The van der Waals surface area contributed by atoms with Crippen LogP contribution in [0.2, 0.25) is 0 Å². The van der Waals surface area contributed by atoms with Crippen LogP contribution in [0.25, 0.3) is 0 Å². The van der Waals surface area contributed by atoms with Gasteiger partial charge in [-0.1, -0.05) is 18.2 Å². The van der Waals surface area contributed by atoms with E-state index in [1.54, 1.807) is 16.8 Å². The average Bonchev–Trinajstić information content (AvgIpc) is 2.57. The van der Waals surface area contributed by atoms with Crippen molar-refractivity contribution in [3.05, 3.63) is 52.6 Å². The first kappa shape index (κ1) is 11.8. The SMILES string of the molecule is Cc1nn(Cc2ccccc2F)c(C)c1CN. The molecule has 0 unspecified atom stereocenters. The van der Waals surface area contributed by atoms with Crippen molar-refractivity contribution in [2.24, 2.45) is 5.73 Å². The van der Waals surface area contributed by atoms with Gasteiger partial charge in [-0.25, -0.2) is 4.39 Å². The molecule has 4 heteroatoms. The number of halogens is 1. The van der Waals surface area contributed by atoms with Crippen LogP contribution in [-0.4, -0.2) is 9.78 Å². The van der Waals surface area contributed by atoms with Crippen molar-refractivity contribution < 1.29 is 4.39 Å². The van der Waals surface area contributed by atoms with Crippen LogP contribution >= 0.6 is 0 Å². The third-order valence-electron chi connectivity index (χ3n) is 3.01. The molecule has 0 atom stereocenters. The predicted molar refractivity (Wildman–Crippen MR) is 65.1 cm³/mol. The van der Waals surface area contributed by atoms with Crippen molar-refractivity contribution in [1.29, 1.82) is 0 Å². The standard InChI is InChI=1S/C13H16FN3/c1-9-12(7-15)10(2)17(16-9)8-11-5-3-4-6-13(11)14/h3-6H,7-8,15H2,1-2H3. The molecule has 0 saturated heterocycles. The molecule has 1 aromatic heterocycles. The van der Waals surface area contributed by atoms with Crippen LogP contribution in [0.1, 0.15) is 22.5 Å². The molecule has 0 fully saturated rings. The van der Waals surface area contributed by atoms with Crippen molar-refractivity contribution in [2.45, 2.75) is 26.9 Å². The van der Waals surface area contributed by atoms with E-state index in [2.05, 4.69) is 5.10 Å². The number of aryl methyl sites for hydroxylation is 1. The van der Waals surface area contributed by atoms with Gasteiger partial charge in [0.25, 0.3) is 0 Å². The molecule has 0 aliphatic carbocycles. The van der Waals surface area contributed by atoms with E-state index in [9.17, 15) is 4.39 Å². The third kappa shape index (κ3) is 2.22. The minimum absolute atomic E-state index is 0.200. The Morgan fingerprint density at radius 3 is 2.59 bits per heavy atom. The summed E-state index contributed by atoms with van der Waals surface area (Å²) in [5.41, 5.74) is 9.27. The van der Waals surface area contributed by atoms with Crippen molar-refractivity contribution in [3.8, 4) is 0 Å². The van der Waals surface area contributed by atoms with Gasteiger partial charge in [-0.3, -0.25) is 4.68 Å². The number of hydrogen-bond donors (Lipinski definition) is 1. The lowest BCUT2D eigenvalue weighted by molar-refractivity contribution is 0.578. The summed E-state index contributed by atoms with van der Waals surface area (Å²) >= 11 is 0. The smallest absolute Gasteiger partial charge is 0.128 e. The number of rotatable bonds is 3. The second kappa shape index (κ2) is 4.67. The van der Waals surface area contributed by atoms with E-state index in [1.807, 2.05) is 19.9 Å². The van der Waals surface area contributed by atoms with Gasteiger partial charge in [-0.05, 0) is 19.9 Å². The number of nitrogens with zero attached hydrogens (tertiary/aromatic N) is 2. The highest BCUT2D eigenvalue weighted by Crippen LogP contribution is 2.15. The van der Waals surface area contributed by atoms with Gasteiger partial charge in [-0.2, -0.15) is 5.10 Å². The summed E-state index contributed by atoms with van der Waals surface area (Å²) < 4.78 is 15.3. The summed E-state index contributed by atoms with van der Waals surface area (Å²) in [5.74, 6) is -0.200. The van der Waals surface area contributed by atoms with E-state index >= 15 is 0 Å². The third-order valence-corrected chi connectivity index (χ3v) is 3.01. The van der Waals surface area contributed by atoms with Crippen LogP contribution in [0.4, 0.5) is 4.39 Å². The fraction of sp³-hybridized carbons (Fsp3) is 0.308. The van der Waals surface area contributed by atoms with Crippen LogP contribution in [0.5, 0.6) is 0 Å². The van der Waals surface area contributed by atoms with Crippen LogP contribution in [-0.2, 0) is 13.1 Å². The molecule has 0 aliphatic rings. The number of nitrogens with two attached hydrogens (primary N) is 1. The number of hydrogen-bond acceptors (Lipinski definition) is 2. The largest absolute Gasteiger partial charge is 0.326 e. The Bertz CT molecular complexity index is 531. The molecule has 0 saturated carbocycles. The summed E-state index contributed by atoms with van der Waals surface area (Å²) in [5, 5.41) is 4.39. The molecule has 2 aromatic rings. The highest BCUT2D eigenvalue weighted by Gasteiger charge is 2.11. The molecule has 1 heterocycles. The maximum atomic E-state index is 13.5. The van der Waals surface area contributed by atoms with Crippen molar-refractivity contribution >= 4 is 0 Å². The first-order valence-electron chi connectivity index (χ1n) is 5.60. The van der Waals surface area contributed by atoms with E-state index in [-0.39, 0.29) is 5.82 Å². The molecule has 0 radical (unpaired) electrons. The number of benzene rings is 1. The Kier molecular flexibility index (Phi) is 3.24. The fourth-order valence-electron chi connectivity index (χ4n) is 1.97. The normalized spacial score (nSPS) is 10.8. The Labute approximate surface area is 100 Å². The quantitative estimate of drug-likeness (QED) is 0.882. The van der Waals surface area contributed by atoms with Crippen LogP contribution < -0.4 is 5.73 Å². The van der Waals surface area contributed by atoms with E-state index in [0.29, 0.717) is 18.7 Å². The molecule has 2 rings (SSSR count). The monoisotopic (exact) mass is 233 g/mol. The lowest BCUT2D eigenvalue weighted by Gasteiger charge is -2.06. The second-order valence-electron chi connectivity index (χ2n) is 4.10. The molecule has 0 spiro atoms. The molecule has 0 amide bonds. The van der Waals surface area contributed by atoms with Crippen LogP contribution in [0, 0.1) is 19.7 Å². The zero-order chi connectivity index (χ0) is 12.4. The summed E-state index contributed by atoms with van der Waals surface area (Å²) in [6, 6.07) is 6.75. The van der Waals surface area contributed by atoms with E-state index in [4.69, 9.17) is 5.73 Å². The first-order chi connectivity index (χ1) is 8.13. The van der Waals surface area contributed by atoms with Gasteiger partial charge in [0.15, 0.2) is 0 Å². The highest BCUT2D eigenvalue weighted by molar-refractivity contribution is 5.26. The number of aromatic nitrogens is 2. The van der Waals surface area contributed by atoms with E-state index < -0.39 is 0 Å². The maximum absolute atomic E-state index is 13.5. The Morgan fingerprint density at radius 1 is 1.29 bits per heavy atom. The topological polar surface area (TPSA) is 43.8 Å². The van der Waals surface area contributed by atoms with E-state index in [0.717, 1.165) is 17.0 Å². The minimum Gasteiger partial charge on any atom is -0.326 e. The van der Waals surface area contributed by atoms with Crippen LogP contribution in [0.3, 0.4) is 0 Å². The summed E-state index contributed by atoms with van der Waals surface area (Å²) in [6.07, 6.45) is 0. The Morgan fingerprint density at radius 2 is 2.00 bits per heavy atom. The summed E-state index contributed by atoms with van der Waals surface area (Å²) in [4.78, 5) is 0. The first-order valence-corrected chi connectivity index (χ1v) is 5.60. The van der Waals surface area contributed by atoms with Gasteiger partial charge in [0.1, 0.15) is 5.82 Å². The molecular weight excluding hydrogens is 217 g/mol. The fourth-order valence-corrected chi connectivity index (χ4v) is 1.97. The molecule has 90 valence electrons. The molecule has 0 aliphatic heterocycles. The van der Waals surface area contributed by atoms with Gasteiger partial charge in [0.05, 0.1) is 12.2 Å². The van der Waals surface area contributed by atoms with Crippen molar-refractivity contribution in [3.63, 3.8) is 0 Å². The zero-order valence-corrected chi connectivity index (χ0v) is 10.1. The molecule has 3 nitrogen and oxygen atoms in total. The summed E-state index contributed by atoms with van der Waals surface area (Å²) in [7, 11) is 0. The maximum Gasteiger partial charge on any atom is 0.128 e. The van der Waals surface area contributed by atoms with E-state index in [1.165, 1.54) is 6.07 Å². The van der Waals surface area contributed by atoms with Crippen LogP contribution in [0.15, 0.2) is 24.3 Å². The van der Waals surface area contributed by atoms with Gasteiger partial charge < -0.3 is 5.73 Å². The van der Waals surface area contributed by atoms with Crippen molar-refractivity contribution in [1.82, 2.24) is 9.78 Å². The summed E-state index contributed by atoms with van der Waals surface area (Å²) in [6.45, 7) is 4.80. The lowest BCUT2D eigenvalue weighted by Crippen LogP contribution is -2.06. The lowest BCUT2D eigenvalue weighted by atomic mass is 10.2. The second-order valence-corrected chi connectivity index (χ2v) is 4.10. The Balaban J connectivity index is 2.34.